The van der Waals surface area contributed by atoms with Gasteiger partial charge in [-0.25, -0.2) is 0 Å². The van der Waals surface area contributed by atoms with Gasteiger partial charge in [-0.05, 0) is 42.7 Å². The summed E-state index contributed by atoms with van der Waals surface area (Å²) in [6.07, 6.45) is 4.32. The van der Waals surface area contributed by atoms with Crippen LogP contribution in [-0.4, -0.2) is 36.2 Å². The third kappa shape index (κ3) is 2.35. The number of H-pyrrole nitrogens is 1. The molecule has 1 fully saturated rings. The summed E-state index contributed by atoms with van der Waals surface area (Å²) in [6.45, 7) is 0.925. The van der Waals surface area contributed by atoms with Crippen LogP contribution >= 0.6 is 0 Å². The van der Waals surface area contributed by atoms with Crippen molar-refractivity contribution in [1.82, 2.24) is 9.88 Å². The lowest BCUT2D eigenvalue weighted by Crippen LogP contribution is -2.34. The molecule has 5 heteroatoms. The van der Waals surface area contributed by atoms with E-state index in [0.717, 1.165) is 18.4 Å². The zero-order valence-electron chi connectivity index (χ0n) is 14.6. The number of aromatic amines is 1. The molecule has 2 aromatic carbocycles. The minimum atomic E-state index is 0.00872. The summed E-state index contributed by atoms with van der Waals surface area (Å²) < 4.78 is 10.7. The van der Waals surface area contributed by atoms with Crippen LogP contribution in [0.5, 0.6) is 11.5 Å². The van der Waals surface area contributed by atoms with Crippen LogP contribution in [0.25, 0.3) is 10.9 Å². The normalized spacial score (nSPS) is 16.7. The van der Waals surface area contributed by atoms with Gasteiger partial charge in [-0.15, -0.1) is 0 Å². The molecule has 1 aromatic heterocycles. The lowest BCUT2D eigenvalue weighted by Gasteiger charge is -2.24. The highest BCUT2D eigenvalue weighted by atomic mass is 16.7. The molecule has 26 heavy (non-hydrogen) atoms. The second-order valence-electron chi connectivity index (χ2n) is 7.26. The molecular formula is C21H20N2O3. The van der Waals surface area contributed by atoms with Gasteiger partial charge in [0.2, 0.25) is 6.79 Å². The standard InChI is InChI=1S/C21H20N2O3/c1-23(20(24)14-6-7-18-19(10-14)26-13-25-18)12-21(8-9-21)16-11-22-17-5-3-2-4-15(16)17/h2-7,10-11,22H,8-9,12-13H2,1H3. The molecule has 0 bridgehead atoms. The first-order valence-corrected chi connectivity index (χ1v) is 8.88. The van der Waals surface area contributed by atoms with Gasteiger partial charge in [0.1, 0.15) is 0 Å². The Bertz CT molecular complexity index is 1000. The Morgan fingerprint density at radius 2 is 1.96 bits per heavy atom. The molecule has 1 N–H and O–H groups in total. The molecule has 0 unspecified atom stereocenters. The van der Waals surface area contributed by atoms with E-state index >= 15 is 0 Å². The third-order valence-corrected chi connectivity index (χ3v) is 5.52. The number of carbonyl (C=O) groups is 1. The van der Waals surface area contributed by atoms with Gasteiger partial charge in [0.15, 0.2) is 11.5 Å². The van der Waals surface area contributed by atoms with E-state index in [1.54, 1.807) is 18.2 Å². The molecule has 2 aliphatic rings. The van der Waals surface area contributed by atoms with E-state index in [9.17, 15) is 4.79 Å². The van der Waals surface area contributed by atoms with Crippen LogP contribution in [0.2, 0.25) is 0 Å². The maximum Gasteiger partial charge on any atom is 0.253 e. The van der Waals surface area contributed by atoms with E-state index in [1.165, 1.54) is 10.9 Å². The van der Waals surface area contributed by atoms with Crippen molar-refractivity contribution in [3.63, 3.8) is 0 Å². The predicted molar refractivity (Wildman–Crippen MR) is 98.7 cm³/mol. The Hall–Kier alpha value is -2.95. The van der Waals surface area contributed by atoms with Crippen molar-refractivity contribution < 1.29 is 14.3 Å². The van der Waals surface area contributed by atoms with Gasteiger partial charge in [-0.1, -0.05) is 18.2 Å². The minimum absolute atomic E-state index is 0.00872. The highest BCUT2D eigenvalue weighted by Gasteiger charge is 2.47. The van der Waals surface area contributed by atoms with Crippen molar-refractivity contribution in [2.75, 3.05) is 20.4 Å². The van der Waals surface area contributed by atoms with E-state index < -0.39 is 0 Å². The van der Waals surface area contributed by atoms with E-state index in [2.05, 4.69) is 29.4 Å². The topological polar surface area (TPSA) is 54.6 Å². The van der Waals surface area contributed by atoms with Gasteiger partial charge >= 0.3 is 0 Å². The molecule has 0 radical (unpaired) electrons. The first kappa shape index (κ1) is 15.3. The molecule has 5 nitrogen and oxygen atoms in total. The number of para-hydroxylation sites is 1. The van der Waals surface area contributed by atoms with E-state index in [1.807, 2.05) is 18.0 Å². The summed E-state index contributed by atoms with van der Waals surface area (Å²) in [5.41, 5.74) is 3.16. The van der Waals surface area contributed by atoms with Crippen LogP contribution in [0.4, 0.5) is 0 Å². The van der Waals surface area contributed by atoms with Gasteiger partial charge < -0.3 is 19.4 Å². The molecule has 0 saturated heterocycles. The van der Waals surface area contributed by atoms with Crippen molar-refractivity contribution in [2.24, 2.45) is 0 Å². The Labute approximate surface area is 151 Å². The molecule has 1 saturated carbocycles. The van der Waals surface area contributed by atoms with Crippen molar-refractivity contribution in [3.05, 3.63) is 59.8 Å². The molecule has 2 heterocycles. The maximum atomic E-state index is 12.9. The Balaban J connectivity index is 1.39. The number of nitrogens with zero attached hydrogens (tertiary/aromatic N) is 1. The summed E-state index contributed by atoms with van der Waals surface area (Å²) in [7, 11) is 1.88. The SMILES string of the molecule is CN(CC1(c2c[nH]c3ccccc23)CC1)C(=O)c1ccc2c(c1)OCO2. The summed E-state index contributed by atoms with van der Waals surface area (Å²) in [5.74, 6) is 1.35. The lowest BCUT2D eigenvalue weighted by molar-refractivity contribution is 0.0781. The van der Waals surface area contributed by atoms with Crippen LogP contribution in [0.3, 0.4) is 0 Å². The number of rotatable bonds is 4. The fourth-order valence-corrected chi connectivity index (χ4v) is 3.95. The molecule has 1 aliphatic carbocycles. The molecule has 0 atom stereocenters. The van der Waals surface area contributed by atoms with Gasteiger partial charge in [-0.3, -0.25) is 4.79 Å². The molecule has 0 spiro atoms. The van der Waals surface area contributed by atoms with Gasteiger partial charge in [0, 0.05) is 41.7 Å². The monoisotopic (exact) mass is 348 g/mol. The number of ether oxygens (including phenoxy) is 2. The van der Waals surface area contributed by atoms with Crippen molar-refractivity contribution in [1.29, 1.82) is 0 Å². The fourth-order valence-electron chi connectivity index (χ4n) is 3.95. The summed E-state index contributed by atoms with van der Waals surface area (Å²) in [5, 5.41) is 1.26. The highest BCUT2D eigenvalue weighted by molar-refractivity contribution is 5.95. The number of hydrogen-bond acceptors (Lipinski definition) is 3. The van der Waals surface area contributed by atoms with Crippen LogP contribution in [0.15, 0.2) is 48.7 Å². The summed E-state index contributed by atoms with van der Waals surface area (Å²) in [4.78, 5) is 18.1. The lowest BCUT2D eigenvalue weighted by atomic mass is 9.94. The van der Waals surface area contributed by atoms with Crippen molar-refractivity contribution in [2.45, 2.75) is 18.3 Å². The molecular weight excluding hydrogens is 328 g/mol. The number of fused-ring (bicyclic) bond motifs is 2. The van der Waals surface area contributed by atoms with Gasteiger partial charge in [0.05, 0.1) is 0 Å². The van der Waals surface area contributed by atoms with Crippen LogP contribution < -0.4 is 9.47 Å². The van der Waals surface area contributed by atoms with E-state index in [-0.39, 0.29) is 18.1 Å². The molecule has 3 aromatic rings. The number of benzene rings is 2. The van der Waals surface area contributed by atoms with Gasteiger partial charge in [0.25, 0.3) is 5.91 Å². The number of amides is 1. The Morgan fingerprint density at radius 3 is 2.81 bits per heavy atom. The Kier molecular flexibility index (Phi) is 3.26. The van der Waals surface area contributed by atoms with Crippen LogP contribution in [-0.2, 0) is 5.41 Å². The predicted octanol–water partition coefficient (Wildman–Crippen LogP) is 3.70. The Morgan fingerprint density at radius 1 is 1.15 bits per heavy atom. The fraction of sp³-hybridized carbons (Fsp3) is 0.286. The summed E-state index contributed by atoms with van der Waals surface area (Å²) >= 11 is 0. The number of likely N-dealkylation sites (N-methyl/N-ethyl adjacent to an activating group) is 1. The van der Waals surface area contributed by atoms with E-state index in [0.29, 0.717) is 23.6 Å². The highest BCUT2D eigenvalue weighted by Crippen LogP contribution is 2.51. The maximum absolute atomic E-state index is 12.9. The second kappa shape index (κ2) is 5.53. The third-order valence-electron chi connectivity index (χ3n) is 5.52. The second-order valence-corrected chi connectivity index (χ2v) is 7.26. The number of aromatic nitrogens is 1. The molecule has 132 valence electrons. The molecule has 1 aliphatic heterocycles. The average Bonchev–Trinajstić information content (AvgIpc) is 3.10. The van der Waals surface area contributed by atoms with Crippen molar-refractivity contribution in [3.8, 4) is 11.5 Å². The zero-order valence-corrected chi connectivity index (χ0v) is 14.6. The van der Waals surface area contributed by atoms with Gasteiger partial charge in [-0.2, -0.15) is 0 Å². The number of carbonyl (C=O) groups excluding carboxylic acids is 1. The van der Waals surface area contributed by atoms with E-state index in [4.69, 9.17) is 9.47 Å². The number of nitrogens with one attached hydrogen (secondary N) is 1. The first-order valence-electron chi connectivity index (χ1n) is 8.88. The summed E-state index contributed by atoms with van der Waals surface area (Å²) in [6, 6.07) is 13.7. The van der Waals surface area contributed by atoms with Crippen molar-refractivity contribution >= 4 is 16.8 Å². The largest absolute Gasteiger partial charge is 0.454 e. The quantitative estimate of drug-likeness (QED) is 0.782. The number of hydrogen-bond donors (Lipinski definition) is 1. The smallest absolute Gasteiger partial charge is 0.253 e. The first-order chi connectivity index (χ1) is 12.7. The van der Waals surface area contributed by atoms with Crippen LogP contribution in [0, 0.1) is 0 Å². The molecule has 5 rings (SSSR count). The minimum Gasteiger partial charge on any atom is -0.454 e. The zero-order chi connectivity index (χ0) is 17.7. The molecule has 1 amide bonds. The average molecular weight is 348 g/mol. The van der Waals surface area contributed by atoms with Crippen LogP contribution in [0.1, 0.15) is 28.8 Å².